The summed E-state index contributed by atoms with van der Waals surface area (Å²) in [6.45, 7) is 0.765. The topological polar surface area (TPSA) is 21.3 Å². The number of halogens is 2. The maximum Gasteiger partial charge on any atom is 0.144 e. The molecule has 94 valence electrons. The molecule has 2 aromatic rings. The maximum absolute atomic E-state index is 13.1. The van der Waals surface area contributed by atoms with Gasteiger partial charge in [-0.3, -0.25) is 0 Å². The van der Waals surface area contributed by atoms with Gasteiger partial charge in [-0.15, -0.1) is 0 Å². The molecule has 0 heterocycles. The SMILES string of the molecule is CNCc1cccc(Oc2cc(F)ccc2Br)c1. The quantitative estimate of drug-likeness (QED) is 0.918. The third-order valence-electron chi connectivity index (χ3n) is 2.40. The van der Waals surface area contributed by atoms with E-state index in [0.717, 1.165) is 16.6 Å². The molecular formula is C14H13BrFNO. The fraction of sp³-hybridized carbons (Fsp3) is 0.143. The molecule has 0 aliphatic carbocycles. The van der Waals surface area contributed by atoms with Gasteiger partial charge in [-0.25, -0.2) is 4.39 Å². The highest BCUT2D eigenvalue weighted by molar-refractivity contribution is 9.10. The molecule has 2 aromatic carbocycles. The summed E-state index contributed by atoms with van der Waals surface area (Å²) < 4.78 is 19.5. The van der Waals surface area contributed by atoms with Gasteiger partial charge in [0.1, 0.15) is 17.3 Å². The second-order valence-corrected chi connectivity index (χ2v) is 4.71. The molecule has 0 atom stereocenters. The monoisotopic (exact) mass is 309 g/mol. The van der Waals surface area contributed by atoms with Gasteiger partial charge in [0.15, 0.2) is 0 Å². The summed E-state index contributed by atoms with van der Waals surface area (Å²) in [5.41, 5.74) is 1.11. The van der Waals surface area contributed by atoms with E-state index in [1.807, 2.05) is 31.3 Å². The largest absolute Gasteiger partial charge is 0.456 e. The highest BCUT2D eigenvalue weighted by Crippen LogP contribution is 2.30. The zero-order valence-corrected chi connectivity index (χ0v) is 11.5. The van der Waals surface area contributed by atoms with Gasteiger partial charge in [-0.2, -0.15) is 0 Å². The molecule has 0 unspecified atom stereocenters. The Morgan fingerprint density at radius 1 is 1.22 bits per heavy atom. The van der Waals surface area contributed by atoms with E-state index in [9.17, 15) is 4.39 Å². The molecule has 0 amide bonds. The second-order valence-electron chi connectivity index (χ2n) is 3.85. The van der Waals surface area contributed by atoms with Crippen molar-refractivity contribution in [1.82, 2.24) is 5.32 Å². The molecule has 1 N–H and O–H groups in total. The standard InChI is InChI=1S/C14H13BrFNO/c1-17-9-10-3-2-4-12(7-10)18-14-8-11(16)5-6-13(14)15/h2-8,17H,9H2,1H3. The molecule has 0 radical (unpaired) electrons. The smallest absolute Gasteiger partial charge is 0.144 e. The predicted molar refractivity (Wildman–Crippen MR) is 73.4 cm³/mol. The highest BCUT2D eigenvalue weighted by atomic mass is 79.9. The summed E-state index contributed by atoms with van der Waals surface area (Å²) >= 11 is 3.33. The van der Waals surface area contributed by atoms with Crippen molar-refractivity contribution in [2.75, 3.05) is 7.05 Å². The van der Waals surface area contributed by atoms with E-state index in [0.29, 0.717) is 11.5 Å². The molecule has 0 bridgehead atoms. The van der Waals surface area contributed by atoms with Gasteiger partial charge in [0.25, 0.3) is 0 Å². The van der Waals surface area contributed by atoms with Crippen molar-refractivity contribution in [2.45, 2.75) is 6.54 Å². The molecule has 2 rings (SSSR count). The van der Waals surface area contributed by atoms with E-state index in [1.54, 1.807) is 6.07 Å². The Bertz CT molecular complexity index is 545. The first-order valence-electron chi connectivity index (χ1n) is 5.55. The molecule has 18 heavy (non-hydrogen) atoms. The van der Waals surface area contributed by atoms with Gasteiger partial charge in [0.2, 0.25) is 0 Å². The van der Waals surface area contributed by atoms with Crippen molar-refractivity contribution < 1.29 is 9.13 Å². The first-order valence-corrected chi connectivity index (χ1v) is 6.35. The van der Waals surface area contributed by atoms with E-state index >= 15 is 0 Å². The van der Waals surface area contributed by atoms with Crippen LogP contribution in [0.15, 0.2) is 46.9 Å². The Kier molecular flexibility index (Phi) is 4.33. The molecule has 0 aliphatic rings. The normalized spacial score (nSPS) is 10.4. The number of ether oxygens (including phenoxy) is 1. The lowest BCUT2D eigenvalue weighted by atomic mass is 10.2. The number of rotatable bonds is 4. The molecule has 0 fully saturated rings. The van der Waals surface area contributed by atoms with Crippen molar-refractivity contribution in [3.05, 3.63) is 58.3 Å². The number of hydrogen-bond donors (Lipinski definition) is 1. The van der Waals surface area contributed by atoms with Gasteiger partial charge < -0.3 is 10.1 Å². The fourth-order valence-electron chi connectivity index (χ4n) is 1.61. The second kappa shape index (κ2) is 5.98. The molecular weight excluding hydrogens is 297 g/mol. The predicted octanol–water partition coefficient (Wildman–Crippen LogP) is 4.10. The van der Waals surface area contributed by atoms with Crippen LogP contribution in [0.1, 0.15) is 5.56 Å². The van der Waals surface area contributed by atoms with Crippen LogP contribution in [0, 0.1) is 5.82 Å². The molecule has 2 nitrogen and oxygen atoms in total. The van der Waals surface area contributed by atoms with Crippen LogP contribution in [-0.4, -0.2) is 7.05 Å². The van der Waals surface area contributed by atoms with E-state index in [4.69, 9.17) is 4.74 Å². The maximum atomic E-state index is 13.1. The average molecular weight is 310 g/mol. The molecule has 0 saturated heterocycles. The fourth-order valence-corrected chi connectivity index (χ4v) is 1.93. The lowest BCUT2D eigenvalue weighted by molar-refractivity contribution is 0.473. The van der Waals surface area contributed by atoms with Crippen molar-refractivity contribution in [1.29, 1.82) is 0 Å². The van der Waals surface area contributed by atoms with Gasteiger partial charge in [0, 0.05) is 12.6 Å². The molecule has 0 aliphatic heterocycles. The first kappa shape index (κ1) is 13.1. The van der Waals surface area contributed by atoms with Crippen molar-refractivity contribution in [3.63, 3.8) is 0 Å². The summed E-state index contributed by atoms with van der Waals surface area (Å²) in [5.74, 6) is 0.838. The van der Waals surface area contributed by atoms with E-state index in [2.05, 4.69) is 21.2 Å². The van der Waals surface area contributed by atoms with Gasteiger partial charge in [-0.05, 0) is 52.8 Å². The Labute approximate surface area is 114 Å². The van der Waals surface area contributed by atoms with E-state index in [1.165, 1.54) is 12.1 Å². The third kappa shape index (κ3) is 3.31. The minimum absolute atomic E-state index is 0.320. The van der Waals surface area contributed by atoms with E-state index < -0.39 is 0 Å². The van der Waals surface area contributed by atoms with Gasteiger partial charge >= 0.3 is 0 Å². The lowest BCUT2D eigenvalue weighted by Crippen LogP contribution is -2.04. The van der Waals surface area contributed by atoms with Crippen LogP contribution in [-0.2, 0) is 6.54 Å². The summed E-state index contributed by atoms with van der Waals surface area (Å²) in [5, 5.41) is 3.07. The minimum atomic E-state index is -0.320. The average Bonchev–Trinajstić information content (AvgIpc) is 2.35. The summed E-state index contributed by atoms with van der Waals surface area (Å²) in [6.07, 6.45) is 0. The van der Waals surface area contributed by atoms with Crippen LogP contribution < -0.4 is 10.1 Å². The number of hydrogen-bond acceptors (Lipinski definition) is 2. The summed E-state index contributed by atoms with van der Waals surface area (Å²) in [6, 6.07) is 12.1. The Hall–Kier alpha value is -1.39. The van der Waals surface area contributed by atoms with Crippen LogP contribution in [0.25, 0.3) is 0 Å². The van der Waals surface area contributed by atoms with Gasteiger partial charge in [0.05, 0.1) is 4.47 Å². The summed E-state index contributed by atoms with van der Waals surface area (Å²) in [7, 11) is 1.89. The first-order chi connectivity index (χ1) is 8.69. The molecule has 4 heteroatoms. The van der Waals surface area contributed by atoms with Crippen LogP contribution in [0.5, 0.6) is 11.5 Å². The molecule has 0 saturated carbocycles. The van der Waals surface area contributed by atoms with Crippen molar-refractivity contribution >= 4 is 15.9 Å². The Morgan fingerprint density at radius 2 is 2.06 bits per heavy atom. The van der Waals surface area contributed by atoms with Gasteiger partial charge in [-0.1, -0.05) is 12.1 Å². The van der Waals surface area contributed by atoms with Crippen LogP contribution in [0.3, 0.4) is 0 Å². The minimum Gasteiger partial charge on any atom is -0.456 e. The highest BCUT2D eigenvalue weighted by Gasteiger charge is 2.05. The molecule has 0 aromatic heterocycles. The third-order valence-corrected chi connectivity index (χ3v) is 3.06. The molecule has 0 spiro atoms. The van der Waals surface area contributed by atoms with Crippen LogP contribution in [0.2, 0.25) is 0 Å². The van der Waals surface area contributed by atoms with E-state index in [-0.39, 0.29) is 5.82 Å². The Balaban J connectivity index is 2.22. The van der Waals surface area contributed by atoms with Crippen molar-refractivity contribution in [3.8, 4) is 11.5 Å². The van der Waals surface area contributed by atoms with Crippen LogP contribution in [0.4, 0.5) is 4.39 Å². The lowest BCUT2D eigenvalue weighted by Gasteiger charge is -2.09. The zero-order chi connectivity index (χ0) is 13.0. The number of benzene rings is 2. The summed E-state index contributed by atoms with van der Waals surface area (Å²) in [4.78, 5) is 0. The zero-order valence-electron chi connectivity index (χ0n) is 9.91. The van der Waals surface area contributed by atoms with Crippen molar-refractivity contribution in [2.24, 2.45) is 0 Å². The van der Waals surface area contributed by atoms with Crippen LogP contribution >= 0.6 is 15.9 Å². The number of nitrogens with one attached hydrogen (secondary N) is 1. The Morgan fingerprint density at radius 3 is 2.83 bits per heavy atom.